The van der Waals surface area contributed by atoms with Gasteiger partial charge in [-0.3, -0.25) is 4.98 Å². The number of hydrogen-bond donors (Lipinski definition) is 1. The lowest BCUT2D eigenvalue weighted by atomic mass is 10.5. The lowest BCUT2D eigenvalue weighted by Gasteiger charge is -1.99. The van der Waals surface area contributed by atoms with Crippen molar-refractivity contribution in [3.05, 3.63) is 39.8 Å². The molecule has 82 valence electrons. The van der Waals surface area contributed by atoms with Crippen LogP contribution in [0.1, 0.15) is 9.67 Å². The van der Waals surface area contributed by atoms with E-state index in [-0.39, 0.29) is 0 Å². The number of aromatic carboxylic acids is 1. The summed E-state index contributed by atoms with van der Waals surface area (Å²) in [7, 11) is 0. The second kappa shape index (κ2) is 4.86. The summed E-state index contributed by atoms with van der Waals surface area (Å²) in [5, 5.41) is 11.1. The molecule has 0 aromatic carbocycles. The molecule has 0 saturated heterocycles. The number of nitrogens with zero attached hydrogens (tertiary/aromatic N) is 1. The van der Waals surface area contributed by atoms with Crippen LogP contribution in [0.25, 0.3) is 0 Å². The van der Waals surface area contributed by atoms with Crippen molar-refractivity contribution in [1.82, 2.24) is 4.98 Å². The molecule has 1 N–H and O–H groups in total. The van der Waals surface area contributed by atoms with Crippen LogP contribution in [0.15, 0.2) is 39.7 Å². The van der Waals surface area contributed by atoms with E-state index in [1.165, 1.54) is 23.1 Å². The molecule has 0 bridgehead atoms. The van der Waals surface area contributed by atoms with Gasteiger partial charge in [-0.15, -0.1) is 11.3 Å². The van der Waals surface area contributed by atoms with Crippen LogP contribution in [-0.2, 0) is 0 Å². The van der Waals surface area contributed by atoms with Crippen LogP contribution in [0.2, 0.25) is 5.02 Å². The molecule has 0 aliphatic rings. The number of pyridine rings is 1. The first-order valence-electron chi connectivity index (χ1n) is 4.26. The van der Waals surface area contributed by atoms with Gasteiger partial charge in [-0.25, -0.2) is 4.79 Å². The average Bonchev–Trinajstić information content (AvgIpc) is 2.70. The highest BCUT2D eigenvalue weighted by Crippen LogP contribution is 2.34. The number of halogens is 1. The van der Waals surface area contributed by atoms with Crippen molar-refractivity contribution in [3.63, 3.8) is 0 Å². The maximum Gasteiger partial charge on any atom is 0.345 e. The monoisotopic (exact) mass is 271 g/mol. The van der Waals surface area contributed by atoms with E-state index in [0.717, 1.165) is 9.79 Å². The minimum atomic E-state index is -0.905. The summed E-state index contributed by atoms with van der Waals surface area (Å²) in [6, 6.07) is 3.43. The van der Waals surface area contributed by atoms with Gasteiger partial charge < -0.3 is 5.11 Å². The summed E-state index contributed by atoms with van der Waals surface area (Å²) >= 11 is 8.58. The van der Waals surface area contributed by atoms with E-state index in [0.29, 0.717) is 9.90 Å². The van der Waals surface area contributed by atoms with E-state index < -0.39 is 5.97 Å². The minimum Gasteiger partial charge on any atom is -0.477 e. The zero-order valence-electron chi connectivity index (χ0n) is 7.88. The predicted octanol–water partition coefficient (Wildman–Crippen LogP) is 3.65. The fourth-order valence-corrected chi connectivity index (χ4v) is 3.02. The van der Waals surface area contributed by atoms with Crippen LogP contribution in [0.5, 0.6) is 0 Å². The van der Waals surface area contributed by atoms with Gasteiger partial charge in [-0.05, 0) is 12.1 Å². The second-order valence-corrected chi connectivity index (χ2v) is 5.29. The maximum atomic E-state index is 10.7. The Balaban J connectivity index is 2.21. The first kappa shape index (κ1) is 11.4. The van der Waals surface area contributed by atoms with Crippen LogP contribution in [0.4, 0.5) is 0 Å². The zero-order chi connectivity index (χ0) is 11.5. The molecular weight excluding hydrogens is 266 g/mol. The second-order valence-electron chi connectivity index (χ2n) is 2.86. The highest BCUT2D eigenvalue weighted by atomic mass is 35.5. The molecule has 0 aliphatic heterocycles. The molecule has 2 aromatic rings. The number of carbonyl (C=O) groups is 1. The van der Waals surface area contributed by atoms with Crippen LogP contribution in [-0.4, -0.2) is 16.1 Å². The Bertz CT molecular complexity index is 527. The van der Waals surface area contributed by atoms with Crippen molar-refractivity contribution in [2.45, 2.75) is 9.79 Å². The summed E-state index contributed by atoms with van der Waals surface area (Å²) < 4.78 is 0. The average molecular weight is 272 g/mol. The Morgan fingerprint density at radius 3 is 3.00 bits per heavy atom. The van der Waals surface area contributed by atoms with E-state index in [4.69, 9.17) is 16.7 Å². The van der Waals surface area contributed by atoms with Gasteiger partial charge in [0.25, 0.3) is 0 Å². The van der Waals surface area contributed by atoms with E-state index >= 15 is 0 Å². The van der Waals surface area contributed by atoms with E-state index in [1.54, 1.807) is 29.9 Å². The lowest BCUT2D eigenvalue weighted by molar-refractivity contribution is 0.0702. The molecule has 0 amide bonds. The van der Waals surface area contributed by atoms with Crippen molar-refractivity contribution >= 4 is 40.7 Å². The molecule has 0 radical (unpaired) electrons. The van der Waals surface area contributed by atoms with Crippen molar-refractivity contribution in [1.29, 1.82) is 0 Å². The Kier molecular flexibility index (Phi) is 3.48. The van der Waals surface area contributed by atoms with Crippen LogP contribution in [0, 0.1) is 0 Å². The smallest absolute Gasteiger partial charge is 0.345 e. The number of carboxylic acids is 1. The lowest BCUT2D eigenvalue weighted by Crippen LogP contribution is -1.89. The number of carboxylic acid groups (broad SMARTS) is 1. The highest BCUT2D eigenvalue weighted by Gasteiger charge is 2.09. The largest absolute Gasteiger partial charge is 0.477 e. The summed E-state index contributed by atoms with van der Waals surface area (Å²) in [6.45, 7) is 0. The van der Waals surface area contributed by atoms with E-state index in [1.807, 2.05) is 0 Å². The van der Waals surface area contributed by atoms with Gasteiger partial charge >= 0.3 is 5.97 Å². The normalized spacial score (nSPS) is 10.3. The maximum absolute atomic E-state index is 10.7. The van der Waals surface area contributed by atoms with Gasteiger partial charge in [-0.2, -0.15) is 0 Å². The fourth-order valence-electron chi connectivity index (χ4n) is 1.06. The van der Waals surface area contributed by atoms with Crippen LogP contribution in [0.3, 0.4) is 0 Å². The van der Waals surface area contributed by atoms with Crippen LogP contribution >= 0.6 is 34.7 Å². The van der Waals surface area contributed by atoms with Gasteiger partial charge in [-0.1, -0.05) is 23.4 Å². The van der Waals surface area contributed by atoms with Crippen molar-refractivity contribution in [2.75, 3.05) is 0 Å². The quantitative estimate of drug-likeness (QED) is 0.926. The fraction of sp³-hybridized carbons (Fsp3) is 0. The molecule has 0 aliphatic carbocycles. The number of thiophene rings is 1. The Labute approximate surface area is 105 Å². The summed E-state index contributed by atoms with van der Waals surface area (Å²) in [4.78, 5) is 16.6. The van der Waals surface area contributed by atoms with Gasteiger partial charge in [0.05, 0.1) is 5.02 Å². The zero-order valence-corrected chi connectivity index (χ0v) is 10.3. The number of rotatable bonds is 3. The summed E-state index contributed by atoms with van der Waals surface area (Å²) in [5.41, 5.74) is 0. The van der Waals surface area contributed by atoms with E-state index in [2.05, 4.69) is 4.98 Å². The molecule has 0 saturated carbocycles. The topological polar surface area (TPSA) is 50.2 Å². The molecule has 2 aromatic heterocycles. The standard InChI is InChI=1S/C10H6ClNO2S2/c11-7-4-12-2-1-8(7)16-6-3-9(10(13)14)15-5-6/h1-5H,(H,13,14). The van der Waals surface area contributed by atoms with Gasteiger partial charge in [0.15, 0.2) is 0 Å². The third kappa shape index (κ3) is 2.55. The Morgan fingerprint density at radius 2 is 2.38 bits per heavy atom. The molecular formula is C10H6ClNO2S2. The first-order valence-corrected chi connectivity index (χ1v) is 6.33. The van der Waals surface area contributed by atoms with Crippen molar-refractivity contribution < 1.29 is 9.90 Å². The molecule has 0 fully saturated rings. The van der Waals surface area contributed by atoms with Gasteiger partial charge in [0.2, 0.25) is 0 Å². The molecule has 0 unspecified atom stereocenters. The number of hydrogen-bond acceptors (Lipinski definition) is 4. The molecule has 2 heterocycles. The van der Waals surface area contributed by atoms with Gasteiger partial charge in [0.1, 0.15) is 4.88 Å². The molecule has 0 atom stereocenters. The van der Waals surface area contributed by atoms with Crippen molar-refractivity contribution in [3.8, 4) is 0 Å². The molecule has 3 nitrogen and oxygen atoms in total. The van der Waals surface area contributed by atoms with Gasteiger partial charge in [0, 0.05) is 27.6 Å². The van der Waals surface area contributed by atoms with E-state index in [9.17, 15) is 4.79 Å². The Hall–Kier alpha value is -1.04. The summed E-state index contributed by atoms with van der Waals surface area (Å²) in [5.74, 6) is -0.905. The molecule has 2 rings (SSSR count). The third-order valence-electron chi connectivity index (χ3n) is 1.75. The summed E-state index contributed by atoms with van der Waals surface area (Å²) in [6.07, 6.45) is 3.22. The number of aromatic nitrogens is 1. The molecule has 6 heteroatoms. The SMILES string of the molecule is O=C(O)c1cc(Sc2ccncc2Cl)cs1. The molecule has 16 heavy (non-hydrogen) atoms. The highest BCUT2D eigenvalue weighted by molar-refractivity contribution is 7.99. The minimum absolute atomic E-state index is 0.327. The third-order valence-corrected chi connectivity index (χ3v) is 4.28. The van der Waals surface area contributed by atoms with Crippen molar-refractivity contribution in [2.24, 2.45) is 0 Å². The van der Waals surface area contributed by atoms with Crippen LogP contribution < -0.4 is 0 Å². The predicted molar refractivity (Wildman–Crippen MR) is 64.6 cm³/mol. The Morgan fingerprint density at radius 1 is 1.56 bits per heavy atom. The first-order chi connectivity index (χ1) is 7.66. The molecule has 0 spiro atoms.